The van der Waals surface area contributed by atoms with Crippen LogP contribution in [-0.2, 0) is 15.1 Å². The number of halogens is 1. The van der Waals surface area contributed by atoms with E-state index in [1.54, 1.807) is 0 Å². The average Bonchev–Trinajstić information content (AvgIpc) is 2.39. The third-order valence-electron chi connectivity index (χ3n) is 3.06. The molecule has 0 spiro atoms. The minimum atomic E-state index is -0.755. The first kappa shape index (κ1) is 15.2. The zero-order valence-corrected chi connectivity index (χ0v) is 12.7. The first-order valence-corrected chi connectivity index (χ1v) is 6.99. The van der Waals surface area contributed by atoms with Crippen LogP contribution < -0.4 is 5.32 Å². The summed E-state index contributed by atoms with van der Waals surface area (Å²) in [6.45, 7) is 4.83. The maximum atomic E-state index is 12.2. The van der Waals surface area contributed by atoms with Crippen LogP contribution in [0.25, 0.3) is 0 Å². The molecule has 0 aliphatic heterocycles. The molecule has 3 nitrogen and oxygen atoms in total. The first-order valence-electron chi connectivity index (χ1n) is 6.20. The van der Waals surface area contributed by atoms with Crippen LogP contribution in [0.1, 0.15) is 32.3 Å². The van der Waals surface area contributed by atoms with Crippen molar-refractivity contribution in [3.8, 4) is 0 Å². The van der Waals surface area contributed by atoms with E-state index in [0.29, 0.717) is 6.42 Å². The predicted molar refractivity (Wildman–Crippen MR) is 76.4 cm³/mol. The first-order chi connectivity index (χ1) is 8.60. The van der Waals surface area contributed by atoms with Crippen molar-refractivity contribution in [1.29, 1.82) is 0 Å². The van der Waals surface area contributed by atoms with Gasteiger partial charge in [-0.1, -0.05) is 41.9 Å². The molecule has 1 N–H and O–H groups in total. The lowest BCUT2D eigenvalue weighted by molar-refractivity contribution is -0.149. The lowest BCUT2D eigenvalue weighted by atomic mass is 9.87. The molecule has 1 atom stereocenters. The fourth-order valence-corrected chi connectivity index (χ4v) is 2.43. The smallest absolute Gasteiger partial charge is 0.330 e. The average molecular weight is 314 g/mol. The highest BCUT2D eigenvalue weighted by Gasteiger charge is 2.39. The number of carbonyl (C=O) groups excluding carboxylic acids is 1. The van der Waals surface area contributed by atoms with Crippen LogP contribution >= 0.6 is 15.9 Å². The number of esters is 1. The van der Waals surface area contributed by atoms with E-state index in [1.807, 2.05) is 31.2 Å². The Kier molecular flexibility index (Phi) is 5.82. The number of carbonyl (C=O) groups is 1. The van der Waals surface area contributed by atoms with Crippen molar-refractivity contribution in [2.24, 2.45) is 0 Å². The summed E-state index contributed by atoms with van der Waals surface area (Å²) >= 11 is 3.44. The SMILES string of the molecule is CCCNC(CC)(C(=O)OC)c1cccc(Br)c1. The van der Waals surface area contributed by atoms with Crippen LogP contribution in [0.15, 0.2) is 28.7 Å². The summed E-state index contributed by atoms with van der Waals surface area (Å²) in [5, 5.41) is 3.33. The highest BCUT2D eigenvalue weighted by molar-refractivity contribution is 9.10. The molecule has 0 heterocycles. The third-order valence-corrected chi connectivity index (χ3v) is 3.55. The maximum Gasteiger partial charge on any atom is 0.330 e. The zero-order chi connectivity index (χ0) is 13.6. The van der Waals surface area contributed by atoms with Crippen LogP contribution in [0.2, 0.25) is 0 Å². The summed E-state index contributed by atoms with van der Waals surface area (Å²) in [6.07, 6.45) is 1.61. The fourth-order valence-electron chi connectivity index (χ4n) is 2.03. The molecule has 100 valence electrons. The van der Waals surface area contributed by atoms with Gasteiger partial charge < -0.3 is 4.74 Å². The fraction of sp³-hybridized carbons (Fsp3) is 0.500. The summed E-state index contributed by atoms with van der Waals surface area (Å²) in [5.41, 5.74) is 0.175. The Balaban J connectivity index is 3.20. The Morgan fingerprint density at radius 2 is 2.17 bits per heavy atom. The molecule has 0 radical (unpaired) electrons. The van der Waals surface area contributed by atoms with E-state index in [1.165, 1.54) is 7.11 Å². The molecule has 0 aliphatic carbocycles. The van der Waals surface area contributed by atoms with Crippen molar-refractivity contribution in [3.05, 3.63) is 34.3 Å². The maximum absolute atomic E-state index is 12.2. The van der Waals surface area contributed by atoms with Gasteiger partial charge in [0.25, 0.3) is 0 Å². The molecule has 1 rings (SSSR count). The highest BCUT2D eigenvalue weighted by atomic mass is 79.9. The summed E-state index contributed by atoms with van der Waals surface area (Å²) in [5.74, 6) is -0.239. The minimum Gasteiger partial charge on any atom is -0.467 e. The Bertz CT molecular complexity index is 409. The van der Waals surface area contributed by atoms with E-state index in [0.717, 1.165) is 23.0 Å². The van der Waals surface area contributed by atoms with Crippen molar-refractivity contribution in [2.75, 3.05) is 13.7 Å². The molecule has 1 aromatic carbocycles. The van der Waals surface area contributed by atoms with Crippen molar-refractivity contribution in [2.45, 2.75) is 32.2 Å². The Morgan fingerprint density at radius 3 is 2.67 bits per heavy atom. The number of methoxy groups -OCH3 is 1. The van der Waals surface area contributed by atoms with Crippen LogP contribution in [0.4, 0.5) is 0 Å². The molecule has 1 unspecified atom stereocenters. The van der Waals surface area contributed by atoms with Gasteiger partial charge >= 0.3 is 5.97 Å². The van der Waals surface area contributed by atoms with Crippen LogP contribution in [0.5, 0.6) is 0 Å². The van der Waals surface area contributed by atoms with E-state index < -0.39 is 5.54 Å². The summed E-state index contributed by atoms with van der Waals surface area (Å²) < 4.78 is 5.94. The number of rotatable bonds is 6. The van der Waals surface area contributed by atoms with Crippen LogP contribution in [-0.4, -0.2) is 19.6 Å². The largest absolute Gasteiger partial charge is 0.467 e. The second kappa shape index (κ2) is 6.90. The van der Waals surface area contributed by atoms with E-state index in [2.05, 4.69) is 28.2 Å². The van der Waals surface area contributed by atoms with E-state index >= 15 is 0 Å². The molecule has 0 saturated carbocycles. The van der Waals surface area contributed by atoms with Crippen molar-refractivity contribution in [1.82, 2.24) is 5.32 Å². The minimum absolute atomic E-state index is 0.239. The summed E-state index contributed by atoms with van der Waals surface area (Å²) in [4.78, 5) is 12.2. The second-order valence-electron chi connectivity index (χ2n) is 4.19. The third kappa shape index (κ3) is 3.12. The van der Waals surface area contributed by atoms with Crippen molar-refractivity contribution < 1.29 is 9.53 Å². The normalized spacial score (nSPS) is 14.0. The molecule has 0 saturated heterocycles. The predicted octanol–water partition coefficient (Wildman–Crippen LogP) is 3.23. The number of ether oxygens (including phenoxy) is 1. The number of hydrogen-bond donors (Lipinski definition) is 1. The molecule has 0 aromatic heterocycles. The molecule has 0 fully saturated rings. The Hall–Kier alpha value is -0.870. The Morgan fingerprint density at radius 1 is 1.44 bits per heavy atom. The van der Waals surface area contributed by atoms with Gasteiger partial charge in [0, 0.05) is 4.47 Å². The van der Waals surface area contributed by atoms with Gasteiger partial charge in [-0.05, 0) is 37.1 Å². The Labute approximate surface area is 117 Å². The lowest BCUT2D eigenvalue weighted by Crippen LogP contribution is -2.49. The monoisotopic (exact) mass is 313 g/mol. The summed E-state index contributed by atoms with van der Waals surface area (Å²) in [6, 6.07) is 7.79. The van der Waals surface area contributed by atoms with E-state index in [9.17, 15) is 4.79 Å². The number of nitrogens with one attached hydrogen (secondary N) is 1. The molecule has 0 amide bonds. The molecule has 0 aliphatic rings. The zero-order valence-electron chi connectivity index (χ0n) is 11.1. The number of hydrogen-bond acceptors (Lipinski definition) is 3. The second-order valence-corrected chi connectivity index (χ2v) is 5.10. The quantitative estimate of drug-likeness (QED) is 0.819. The van der Waals surface area contributed by atoms with Gasteiger partial charge in [0.15, 0.2) is 0 Å². The summed E-state index contributed by atoms with van der Waals surface area (Å²) in [7, 11) is 1.43. The van der Waals surface area contributed by atoms with Crippen LogP contribution in [0.3, 0.4) is 0 Å². The highest BCUT2D eigenvalue weighted by Crippen LogP contribution is 2.28. The van der Waals surface area contributed by atoms with Gasteiger partial charge in [-0.25, -0.2) is 4.79 Å². The van der Waals surface area contributed by atoms with Gasteiger partial charge in [-0.3, -0.25) is 5.32 Å². The van der Waals surface area contributed by atoms with Crippen molar-refractivity contribution >= 4 is 21.9 Å². The van der Waals surface area contributed by atoms with Gasteiger partial charge in [0.2, 0.25) is 0 Å². The number of benzene rings is 1. The van der Waals surface area contributed by atoms with Gasteiger partial charge in [0.05, 0.1) is 7.11 Å². The molecular formula is C14H20BrNO2. The van der Waals surface area contributed by atoms with Gasteiger partial charge in [0.1, 0.15) is 5.54 Å². The molecule has 0 bridgehead atoms. The van der Waals surface area contributed by atoms with E-state index in [4.69, 9.17) is 4.74 Å². The molecular weight excluding hydrogens is 294 g/mol. The molecule has 4 heteroatoms. The van der Waals surface area contributed by atoms with Crippen molar-refractivity contribution in [3.63, 3.8) is 0 Å². The van der Waals surface area contributed by atoms with Gasteiger partial charge in [-0.2, -0.15) is 0 Å². The topological polar surface area (TPSA) is 38.3 Å². The molecule has 18 heavy (non-hydrogen) atoms. The van der Waals surface area contributed by atoms with Gasteiger partial charge in [-0.15, -0.1) is 0 Å². The van der Waals surface area contributed by atoms with Crippen LogP contribution in [0, 0.1) is 0 Å². The molecule has 1 aromatic rings. The standard InChI is InChI=1S/C14H20BrNO2/c1-4-9-16-14(5-2,13(17)18-3)11-7-6-8-12(15)10-11/h6-8,10,16H,4-5,9H2,1-3H3. The lowest BCUT2D eigenvalue weighted by Gasteiger charge is -2.31. The van der Waals surface area contributed by atoms with E-state index in [-0.39, 0.29) is 5.97 Å².